The Morgan fingerprint density at radius 2 is 1.72 bits per heavy atom. The van der Waals surface area contributed by atoms with Crippen LogP contribution in [0.3, 0.4) is 0 Å². The zero-order valence-electron chi connectivity index (χ0n) is 21.6. The van der Waals surface area contributed by atoms with E-state index in [1.807, 2.05) is 46.8 Å². The Bertz CT molecular complexity index is 1270. The van der Waals surface area contributed by atoms with Gasteiger partial charge in [-0.1, -0.05) is 11.6 Å². The molecular weight excluding hydrogens is 476 g/mol. The minimum Gasteiger partial charge on any atom is -0.444 e. The molecule has 1 saturated carbocycles. The molecule has 2 aliphatic rings. The highest BCUT2D eigenvalue weighted by molar-refractivity contribution is 6.30. The third kappa shape index (κ3) is 5.09. The lowest BCUT2D eigenvalue weighted by molar-refractivity contribution is 0.0216. The van der Waals surface area contributed by atoms with Crippen LogP contribution in [0, 0.1) is 13.8 Å². The summed E-state index contributed by atoms with van der Waals surface area (Å²) in [6.45, 7) is 10.4. The molecule has 8 nitrogen and oxygen atoms in total. The van der Waals surface area contributed by atoms with E-state index < -0.39 is 5.60 Å². The van der Waals surface area contributed by atoms with E-state index in [1.165, 1.54) is 0 Å². The molecule has 0 spiro atoms. The molecule has 0 aromatic carbocycles. The monoisotopic (exact) mass is 508 g/mol. The number of halogens is 1. The lowest BCUT2D eigenvalue weighted by Crippen LogP contribution is -2.35. The maximum atomic E-state index is 13.0. The van der Waals surface area contributed by atoms with Crippen LogP contribution in [0.1, 0.15) is 92.5 Å². The number of hydrogen-bond donors (Lipinski definition) is 1. The number of aryl methyl sites for hydroxylation is 2. The summed E-state index contributed by atoms with van der Waals surface area (Å²) < 4.78 is 5.67. The highest BCUT2D eigenvalue weighted by Gasteiger charge is 2.34. The minimum atomic E-state index is -0.584. The molecule has 3 aromatic rings. The average Bonchev–Trinajstić information content (AvgIpc) is 3.13. The highest BCUT2D eigenvalue weighted by Crippen LogP contribution is 2.44. The molecule has 0 radical (unpaired) electrons. The molecule has 9 heteroatoms. The number of nitrogens with one attached hydrogen (secondary N) is 1. The van der Waals surface area contributed by atoms with E-state index in [4.69, 9.17) is 36.4 Å². The number of amides is 1. The third-order valence-corrected chi connectivity index (χ3v) is 7.09. The molecule has 3 aromatic heterocycles. The number of hydrogen-bond acceptors (Lipinski definition) is 6. The summed E-state index contributed by atoms with van der Waals surface area (Å²) in [7, 11) is 0. The van der Waals surface area contributed by atoms with Gasteiger partial charge in [-0.05, 0) is 78.0 Å². The van der Waals surface area contributed by atoms with E-state index in [-0.39, 0.29) is 6.09 Å². The highest BCUT2D eigenvalue weighted by atomic mass is 35.5. The predicted octanol–water partition coefficient (Wildman–Crippen LogP) is 6.22. The van der Waals surface area contributed by atoms with Crippen molar-refractivity contribution in [3.8, 4) is 11.3 Å². The Kier molecular flexibility index (Phi) is 6.49. The molecule has 0 saturated heterocycles. The molecule has 0 unspecified atom stereocenters. The van der Waals surface area contributed by atoms with Crippen LogP contribution in [0.2, 0.25) is 5.02 Å². The normalized spacial score (nSPS) is 19.9. The van der Waals surface area contributed by atoms with E-state index in [2.05, 4.69) is 5.10 Å². The van der Waals surface area contributed by atoms with Crippen molar-refractivity contribution >= 4 is 17.7 Å². The smallest absolute Gasteiger partial charge is 0.410 e. The Morgan fingerprint density at radius 3 is 2.39 bits per heavy atom. The third-order valence-electron chi connectivity index (χ3n) is 6.88. The maximum Gasteiger partial charge on any atom is 0.410 e. The van der Waals surface area contributed by atoms with Crippen LogP contribution < -0.4 is 0 Å². The van der Waals surface area contributed by atoms with Crippen molar-refractivity contribution in [2.45, 2.75) is 90.8 Å². The maximum absolute atomic E-state index is 13.0. The van der Waals surface area contributed by atoms with Crippen molar-refractivity contribution in [1.82, 2.24) is 30.0 Å². The molecule has 1 amide bonds. The summed E-state index contributed by atoms with van der Waals surface area (Å²) in [5.41, 5.74) is 6.09. The molecule has 1 N–H and O–H groups in total. The van der Waals surface area contributed by atoms with Crippen molar-refractivity contribution in [3.63, 3.8) is 0 Å². The topological polar surface area (TPSA) is 96.9 Å². The molecule has 5 rings (SSSR count). The molecule has 190 valence electrons. The second-order valence-electron chi connectivity index (χ2n) is 11.0. The molecule has 36 heavy (non-hydrogen) atoms. The van der Waals surface area contributed by atoms with Gasteiger partial charge >= 0.3 is 6.09 Å². The second-order valence-corrected chi connectivity index (χ2v) is 11.5. The first-order chi connectivity index (χ1) is 17.1. The second kappa shape index (κ2) is 9.47. The number of aromatic nitrogens is 5. The van der Waals surface area contributed by atoms with Gasteiger partial charge in [0.25, 0.3) is 0 Å². The van der Waals surface area contributed by atoms with Crippen LogP contribution in [0.25, 0.3) is 11.3 Å². The van der Waals surface area contributed by atoms with Gasteiger partial charge in [-0.15, -0.1) is 0 Å². The van der Waals surface area contributed by atoms with E-state index in [0.717, 1.165) is 71.1 Å². The summed E-state index contributed by atoms with van der Waals surface area (Å²) in [4.78, 5) is 28.8. The Balaban J connectivity index is 1.43. The lowest BCUT2D eigenvalue weighted by atomic mass is 9.78. The van der Waals surface area contributed by atoms with Gasteiger partial charge in [0.2, 0.25) is 0 Å². The van der Waals surface area contributed by atoms with Crippen molar-refractivity contribution in [2.24, 2.45) is 0 Å². The van der Waals surface area contributed by atoms with Crippen LogP contribution in [-0.4, -0.2) is 41.7 Å². The lowest BCUT2D eigenvalue weighted by Gasteiger charge is -2.27. The van der Waals surface area contributed by atoms with Gasteiger partial charge in [0.15, 0.2) is 0 Å². The zero-order chi connectivity index (χ0) is 25.6. The first-order valence-corrected chi connectivity index (χ1v) is 13.0. The molecule has 1 aliphatic heterocycles. The number of pyridine rings is 1. The number of fused-ring (bicyclic) bond motifs is 3. The fourth-order valence-electron chi connectivity index (χ4n) is 5.36. The van der Waals surface area contributed by atoms with E-state index in [1.54, 1.807) is 11.1 Å². The number of ether oxygens (including phenoxy) is 1. The fourth-order valence-corrected chi connectivity index (χ4v) is 5.54. The van der Waals surface area contributed by atoms with Crippen molar-refractivity contribution in [3.05, 3.63) is 57.5 Å². The van der Waals surface area contributed by atoms with Crippen LogP contribution in [0.4, 0.5) is 4.79 Å². The SMILES string of the molecule is Cc1cc(C)nc(C2CCC(c3n[nH]c4c3-c3ncc(Cl)cc3CN(C(=O)OC(C)(C)C)C4)CC2)n1. The first-order valence-electron chi connectivity index (χ1n) is 12.6. The van der Waals surface area contributed by atoms with Gasteiger partial charge < -0.3 is 4.74 Å². The van der Waals surface area contributed by atoms with Crippen LogP contribution in [0.15, 0.2) is 18.3 Å². The number of carbonyl (C=O) groups excluding carboxylic acids is 1. The zero-order valence-corrected chi connectivity index (χ0v) is 22.3. The molecular formula is C27H33ClN6O2. The van der Waals surface area contributed by atoms with E-state index in [9.17, 15) is 4.79 Å². The Labute approximate surface area is 216 Å². The van der Waals surface area contributed by atoms with Crippen molar-refractivity contribution in [2.75, 3.05) is 0 Å². The van der Waals surface area contributed by atoms with Crippen molar-refractivity contribution in [1.29, 1.82) is 0 Å². The fraction of sp³-hybridized carbons (Fsp3) is 0.519. The predicted molar refractivity (Wildman–Crippen MR) is 138 cm³/mol. The Hall–Kier alpha value is -3.00. The summed E-state index contributed by atoms with van der Waals surface area (Å²) in [5.74, 6) is 1.62. The summed E-state index contributed by atoms with van der Waals surface area (Å²) in [6, 6.07) is 3.91. The minimum absolute atomic E-state index is 0.297. The molecule has 0 bridgehead atoms. The molecule has 0 atom stereocenters. The number of rotatable bonds is 2. The van der Waals surface area contributed by atoms with Crippen LogP contribution >= 0.6 is 11.6 Å². The Morgan fingerprint density at radius 1 is 1.06 bits per heavy atom. The van der Waals surface area contributed by atoms with Gasteiger partial charge in [0, 0.05) is 35.0 Å². The number of carbonyl (C=O) groups is 1. The number of nitrogens with zero attached hydrogens (tertiary/aromatic N) is 5. The summed E-state index contributed by atoms with van der Waals surface area (Å²) in [6.07, 6.45) is 5.32. The molecule has 4 heterocycles. The molecule has 1 aliphatic carbocycles. The van der Waals surface area contributed by atoms with Gasteiger partial charge in [0.05, 0.1) is 35.2 Å². The van der Waals surface area contributed by atoms with Crippen LogP contribution in [-0.2, 0) is 17.8 Å². The number of H-pyrrole nitrogens is 1. The van der Waals surface area contributed by atoms with Crippen molar-refractivity contribution < 1.29 is 9.53 Å². The van der Waals surface area contributed by atoms with Gasteiger partial charge in [0.1, 0.15) is 11.4 Å². The van der Waals surface area contributed by atoms with Gasteiger partial charge in [-0.2, -0.15) is 5.10 Å². The number of aromatic amines is 1. The van der Waals surface area contributed by atoms with Gasteiger partial charge in [-0.25, -0.2) is 14.8 Å². The van der Waals surface area contributed by atoms with E-state index in [0.29, 0.717) is 29.9 Å². The quantitative estimate of drug-likeness (QED) is 0.441. The summed E-state index contributed by atoms with van der Waals surface area (Å²) in [5, 5.41) is 8.54. The average molecular weight is 509 g/mol. The summed E-state index contributed by atoms with van der Waals surface area (Å²) >= 11 is 6.32. The van der Waals surface area contributed by atoms with Crippen LogP contribution in [0.5, 0.6) is 0 Å². The van der Waals surface area contributed by atoms with E-state index >= 15 is 0 Å². The first kappa shape index (κ1) is 24.7. The standard InChI is InChI=1S/C27H33ClN6O2/c1-15-10-16(2)31-25(30-15)18-8-6-17(7-9-18)24-22-21(32-33-24)14-34(26(35)36-27(3,4)5)13-19-11-20(28)12-29-23(19)22/h10-12,17-18H,6-9,13-14H2,1-5H3,(H,32,33). The largest absolute Gasteiger partial charge is 0.444 e. The molecule has 1 fully saturated rings. The van der Waals surface area contributed by atoms with Gasteiger partial charge in [-0.3, -0.25) is 15.0 Å².